The third-order valence-corrected chi connectivity index (χ3v) is 3.01. The zero-order chi connectivity index (χ0) is 11.3. The van der Waals surface area contributed by atoms with Crippen LogP contribution in [0.15, 0.2) is 65.1 Å². The van der Waals surface area contributed by atoms with Gasteiger partial charge in [0, 0.05) is 20.5 Å². The first-order chi connectivity index (χ1) is 7.13. The molecule has 2 N–H and O–H groups in total. The van der Waals surface area contributed by atoms with Crippen LogP contribution in [0.3, 0.4) is 0 Å². The first kappa shape index (κ1) is 12.0. The Morgan fingerprint density at radius 3 is 2.40 bits per heavy atom. The molecule has 0 aliphatic heterocycles. The normalized spacial score (nSPS) is 11.1. The second-order valence-electron chi connectivity index (χ2n) is 2.85. The van der Waals surface area contributed by atoms with Crippen molar-refractivity contribution in [1.82, 2.24) is 0 Å². The van der Waals surface area contributed by atoms with Crippen molar-refractivity contribution in [3.63, 3.8) is 0 Å². The van der Waals surface area contributed by atoms with Crippen molar-refractivity contribution in [2.45, 2.75) is 4.90 Å². The van der Waals surface area contributed by atoms with E-state index in [0.29, 0.717) is 5.70 Å². The van der Waals surface area contributed by atoms with Crippen LogP contribution >= 0.6 is 23.4 Å². The summed E-state index contributed by atoms with van der Waals surface area (Å²) >= 11 is 7.33. The summed E-state index contributed by atoms with van der Waals surface area (Å²) in [5, 5.41) is 0.722. The quantitative estimate of drug-likeness (QED) is 0.633. The summed E-state index contributed by atoms with van der Waals surface area (Å²) in [5.41, 5.74) is 6.18. The summed E-state index contributed by atoms with van der Waals surface area (Å²) in [4.78, 5) is 1.96. The first-order valence-corrected chi connectivity index (χ1v) is 5.54. The van der Waals surface area contributed by atoms with Crippen LogP contribution in [0.25, 0.3) is 0 Å². The monoisotopic (exact) mass is 237 g/mol. The van der Waals surface area contributed by atoms with Gasteiger partial charge in [0.1, 0.15) is 0 Å². The van der Waals surface area contributed by atoms with Gasteiger partial charge >= 0.3 is 0 Å². The Balaban J connectivity index is 2.83. The summed E-state index contributed by atoms with van der Waals surface area (Å²) < 4.78 is 0. The van der Waals surface area contributed by atoms with E-state index in [0.717, 1.165) is 14.8 Å². The Morgan fingerprint density at radius 2 is 1.93 bits per heavy atom. The van der Waals surface area contributed by atoms with Crippen LogP contribution in [0, 0.1) is 0 Å². The van der Waals surface area contributed by atoms with Gasteiger partial charge in [0.2, 0.25) is 0 Å². The largest absolute Gasteiger partial charge is 0.398 e. The van der Waals surface area contributed by atoms with Crippen LogP contribution in [-0.2, 0) is 0 Å². The SMILES string of the molecule is C=C/C=C(/Sc1ccc(Cl)cc1)C(=C)N. The van der Waals surface area contributed by atoms with Gasteiger partial charge in [-0.2, -0.15) is 0 Å². The van der Waals surface area contributed by atoms with Crippen molar-refractivity contribution in [2.24, 2.45) is 5.73 Å². The van der Waals surface area contributed by atoms with E-state index in [1.165, 1.54) is 11.8 Å². The Hall–Kier alpha value is -1.12. The zero-order valence-electron chi connectivity index (χ0n) is 8.24. The molecule has 0 atom stereocenters. The average molecular weight is 238 g/mol. The molecule has 0 aliphatic rings. The molecule has 1 nitrogen and oxygen atoms in total. The van der Waals surface area contributed by atoms with Gasteiger partial charge in [-0.1, -0.05) is 42.6 Å². The standard InChI is InChI=1S/C12H12ClNS/c1-3-4-12(9(2)14)15-11-7-5-10(13)6-8-11/h3-8H,1-2,14H2/b12-4+. The van der Waals surface area contributed by atoms with Crippen LogP contribution < -0.4 is 5.73 Å². The lowest BCUT2D eigenvalue weighted by Crippen LogP contribution is -1.95. The summed E-state index contributed by atoms with van der Waals surface area (Å²) in [6.45, 7) is 7.33. The van der Waals surface area contributed by atoms with Gasteiger partial charge < -0.3 is 5.73 Å². The fourth-order valence-corrected chi connectivity index (χ4v) is 1.89. The van der Waals surface area contributed by atoms with Crippen molar-refractivity contribution in [3.8, 4) is 0 Å². The molecule has 0 spiro atoms. The third kappa shape index (κ3) is 3.86. The van der Waals surface area contributed by atoms with Crippen LogP contribution in [0.1, 0.15) is 0 Å². The minimum absolute atomic E-state index is 0.537. The molecule has 0 heterocycles. The van der Waals surface area contributed by atoms with Gasteiger partial charge in [-0.3, -0.25) is 0 Å². The topological polar surface area (TPSA) is 26.0 Å². The number of nitrogens with two attached hydrogens (primary N) is 1. The second-order valence-corrected chi connectivity index (χ2v) is 4.40. The lowest BCUT2D eigenvalue weighted by molar-refractivity contribution is 1.41. The molecule has 1 rings (SSSR count). The van der Waals surface area contributed by atoms with Crippen molar-refractivity contribution in [2.75, 3.05) is 0 Å². The van der Waals surface area contributed by atoms with E-state index in [9.17, 15) is 0 Å². The number of halogens is 1. The Labute approximate surface area is 99.3 Å². The van der Waals surface area contributed by atoms with Gasteiger partial charge in [-0.05, 0) is 30.3 Å². The first-order valence-electron chi connectivity index (χ1n) is 4.34. The molecule has 1 aromatic carbocycles. The highest BCUT2D eigenvalue weighted by atomic mass is 35.5. The highest BCUT2D eigenvalue weighted by molar-refractivity contribution is 8.03. The summed E-state index contributed by atoms with van der Waals surface area (Å²) in [7, 11) is 0. The molecule has 0 saturated carbocycles. The lowest BCUT2D eigenvalue weighted by Gasteiger charge is -2.05. The van der Waals surface area contributed by atoms with Crippen LogP contribution in [0.5, 0.6) is 0 Å². The predicted molar refractivity (Wildman–Crippen MR) is 68.9 cm³/mol. The Morgan fingerprint density at radius 1 is 1.33 bits per heavy atom. The van der Waals surface area contributed by atoms with E-state index in [1.807, 2.05) is 30.3 Å². The molecule has 0 unspecified atom stereocenters. The summed E-state index contributed by atoms with van der Waals surface area (Å²) in [6, 6.07) is 7.56. The van der Waals surface area contributed by atoms with Crippen molar-refractivity contribution in [3.05, 3.63) is 65.2 Å². The van der Waals surface area contributed by atoms with Gasteiger partial charge in [0.25, 0.3) is 0 Å². The highest BCUT2D eigenvalue weighted by Crippen LogP contribution is 2.29. The van der Waals surface area contributed by atoms with Gasteiger partial charge in [-0.15, -0.1) is 0 Å². The molecule has 0 bridgehead atoms. The highest BCUT2D eigenvalue weighted by Gasteiger charge is 2.01. The fraction of sp³-hybridized carbons (Fsp3) is 0. The maximum absolute atomic E-state index is 5.79. The molecular formula is C12H12ClNS. The number of benzene rings is 1. The number of rotatable bonds is 4. The predicted octanol–water partition coefficient (Wildman–Crippen LogP) is 3.97. The fourth-order valence-electron chi connectivity index (χ4n) is 0.943. The van der Waals surface area contributed by atoms with Crippen LogP contribution in [-0.4, -0.2) is 0 Å². The molecule has 78 valence electrons. The van der Waals surface area contributed by atoms with Crippen molar-refractivity contribution >= 4 is 23.4 Å². The smallest absolute Gasteiger partial charge is 0.0406 e. The summed E-state index contributed by atoms with van der Waals surface area (Å²) in [6.07, 6.45) is 3.53. The molecule has 0 aliphatic carbocycles. The molecule has 0 saturated heterocycles. The van der Waals surface area contributed by atoms with Crippen molar-refractivity contribution in [1.29, 1.82) is 0 Å². The number of allylic oxidation sites excluding steroid dienone is 2. The minimum Gasteiger partial charge on any atom is -0.398 e. The molecule has 0 radical (unpaired) electrons. The van der Waals surface area contributed by atoms with Crippen molar-refractivity contribution < 1.29 is 0 Å². The maximum Gasteiger partial charge on any atom is 0.0406 e. The number of hydrogen-bond donors (Lipinski definition) is 1. The van der Waals surface area contributed by atoms with E-state index in [1.54, 1.807) is 6.08 Å². The lowest BCUT2D eigenvalue weighted by atomic mass is 10.4. The van der Waals surface area contributed by atoms with E-state index >= 15 is 0 Å². The van der Waals surface area contributed by atoms with Crippen LogP contribution in [0.2, 0.25) is 5.02 Å². The third-order valence-electron chi connectivity index (χ3n) is 1.63. The molecular weight excluding hydrogens is 226 g/mol. The van der Waals surface area contributed by atoms with Gasteiger partial charge in [-0.25, -0.2) is 0 Å². The molecule has 3 heteroatoms. The average Bonchev–Trinajstić information content (AvgIpc) is 2.20. The maximum atomic E-state index is 5.79. The summed E-state index contributed by atoms with van der Waals surface area (Å²) in [5.74, 6) is 0. The molecule has 0 aromatic heterocycles. The Bertz CT molecular complexity index is 393. The van der Waals surface area contributed by atoms with Crippen LogP contribution in [0.4, 0.5) is 0 Å². The zero-order valence-corrected chi connectivity index (χ0v) is 9.81. The molecule has 15 heavy (non-hydrogen) atoms. The number of hydrogen-bond acceptors (Lipinski definition) is 2. The molecule has 1 aromatic rings. The number of thioether (sulfide) groups is 1. The van der Waals surface area contributed by atoms with E-state index in [-0.39, 0.29) is 0 Å². The van der Waals surface area contributed by atoms with E-state index in [4.69, 9.17) is 17.3 Å². The van der Waals surface area contributed by atoms with Gasteiger partial charge in [0.05, 0.1) is 0 Å². The molecule has 0 fully saturated rings. The van der Waals surface area contributed by atoms with E-state index < -0.39 is 0 Å². The Kier molecular flexibility index (Phi) is 4.53. The molecule has 0 amide bonds. The second kappa shape index (κ2) is 5.69. The van der Waals surface area contributed by atoms with Gasteiger partial charge in [0.15, 0.2) is 0 Å². The van der Waals surface area contributed by atoms with E-state index in [2.05, 4.69) is 13.2 Å². The minimum atomic E-state index is 0.537.